The maximum absolute atomic E-state index is 13.3. The number of hydrogen-bond donors (Lipinski definition) is 0. The van der Waals surface area contributed by atoms with E-state index in [2.05, 4.69) is 32.9 Å². The lowest BCUT2D eigenvalue weighted by molar-refractivity contribution is -0.133. The highest BCUT2D eigenvalue weighted by Gasteiger charge is 2.24. The van der Waals surface area contributed by atoms with E-state index < -0.39 is 0 Å². The lowest BCUT2D eigenvalue weighted by Gasteiger charge is -2.31. The van der Waals surface area contributed by atoms with Gasteiger partial charge in [0.15, 0.2) is 0 Å². The quantitative estimate of drug-likeness (QED) is 0.600. The Labute approximate surface area is 178 Å². The molecule has 1 aromatic heterocycles. The highest BCUT2D eigenvalue weighted by atomic mass is 32.1. The molecule has 0 radical (unpaired) electrons. The summed E-state index contributed by atoms with van der Waals surface area (Å²) in [5, 5.41) is 0. The minimum atomic E-state index is -0.120. The lowest BCUT2D eigenvalue weighted by Crippen LogP contribution is -2.47. The zero-order valence-electron chi connectivity index (χ0n) is 18.2. The van der Waals surface area contributed by atoms with Crippen LogP contribution in [0.2, 0.25) is 0 Å². The molecule has 5 nitrogen and oxygen atoms in total. The highest BCUT2D eigenvalue weighted by molar-refractivity contribution is 7.11. The lowest BCUT2D eigenvalue weighted by atomic mass is 10.1. The molecule has 0 bridgehead atoms. The molecule has 0 saturated carbocycles. The molecule has 3 amide bonds. The summed E-state index contributed by atoms with van der Waals surface area (Å²) >= 11 is 1.71. The number of aryl methyl sites for hydroxylation is 1. The van der Waals surface area contributed by atoms with Crippen molar-refractivity contribution in [2.75, 3.05) is 27.2 Å². The van der Waals surface area contributed by atoms with Crippen LogP contribution in [0, 0.1) is 12.8 Å². The summed E-state index contributed by atoms with van der Waals surface area (Å²) in [5.41, 5.74) is 1.08. The summed E-state index contributed by atoms with van der Waals surface area (Å²) in [6.07, 6.45) is 0.966. The molecular weight excluding hydrogens is 382 g/mol. The van der Waals surface area contributed by atoms with Crippen molar-refractivity contribution in [3.05, 3.63) is 57.8 Å². The molecule has 1 aromatic carbocycles. The summed E-state index contributed by atoms with van der Waals surface area (Å²) in [7, 11) is 3.46. The van der Waals surface area contributed by atoms with Crippen LogP contribution in [0.25, 0.3) is 0 Å². The van der Waals surface area contributed by atoms with E-state index in [1.54, 1.807) is 35.2 Å². The third kappa shape index (κ3) is 7.20. The summed E-state index contributed by atoms with van der Waals surface area (Å²) < 4.78 is 0. The van der Waals surface area contributed by atoms with Gasteiger partial charge in [0, 0.05) is 36.9 Å². The Morgan fingerprint density at radius 2 is 1.69 bits per heavy atom. The first-order chi connectivity index (χ1) is 13.8. The predicted molar refractivity (Wildman–Crippen MR) is 120 cm³/mol. The number of rotatable bonds is 9. The van der Waals surface area contributed by atoms with Crippen LogP contribution in [0.15, 0.2) is 42.5 Å². The number of amides is 3. The van der Waals surface area contributed by atoms with Crippen molar-refractivity contribution in [3.8, 4) is 0 Å². The third-order valence-electron chi connectivity index (χ3n) is 4.92. The Hall–Kier alpha value is -2.34. The second kappa shape index (κ2) is 11.0. The Morgan fingerprint density at radius 3 is 2.24 bits per heavy atom. The van der Waals surface area contributed by atoms with Crippen molar-refractivity contribution in [1.82, 2.24) is 14.7 Å². The minimum absolute atomic E-state index is 0.0293. The normalized spacial score (nSPS) is 11.8. The molecule has 2 aromatic rings. The Bertz CT molecular complexity index is 788. The van der Waals surface area contributed by atoms with Gasteiger partial charge < -0.3 is 14.7 Å². The molecule has 0 fully saturated rings. The van der Waals surface area contributed by atoms with Crippen molar-refractivity contribution >= 4 is 23.3 Å². The molecule has 29 heavy (non-hydrogen) atoms. The topological polar surface area (TPSA) is 43.9 Å². The molecule has 0 aliphatic heterocycles. The van der Waals surface area contributed by atoms with Crippen LogP contribution in [0.3, 0.4) is 0 Å². The van der Waals surface area contributed by atoms with Crippen LogP contribution >= 0.6 is 11.3 Å². The Kier molecular flexibility index (Phi) is 8.70. The Balaban J connectivity index is 2.19. The molecule has 0 N–H and O–H groups in total. The van der Waals surface area contributed by atoms with Gasteiger partial charge in [-0.2, -0.15) is 0 Å². The van der Waals surface area contributed by atoms with Crippen LogP contribution < -0.4 is 0 Å². The average Bonchev–Trinajstić information content (AvgIpc) is 3.11. The van der Waals surface area contributed by atoms with E-state index in [1.165, 1.54) is 4.88 Å². The SMILES string of the molecule is CC[C@H](C)CN(CC(=O)N(Cc1ccccc1)Cc1ccc(C)s1)C(=O)N(C)C. The zero-order valence-corrected chi connectivity index (χ0v) is 19.0. The smallest absolute Gasteiger partial charge is 0.319 e. The van der Waals surface area contributed by atoms with Gasteiger partial charge in [-0.05, 0) is 30.5 Å². The molecule has 6 heteroatoms. The van der Waals surface area contributed by atoms with Crippen molar-refractivity contribution < 1.29 is 9.59 Å². The Morgan fingerprint density at radius 1 is 1.00 bits per heavy atom. The van der Waals surface area contributed by atoms with Gasteiger partial charge in [0.05, 0.1) is 6.54 Å². The van der Waals surface area contributed by atoms with Gasteiger partial charge in [-0.25, -0.2) is 4.79 Å². The molecule has 1 heterocycles. The second-order valence-corrected chi connectivity index (χ2v) is 9.19. The van der Waals surface area contributed by atoms with Crippen molar-refractivity contribution in [1.29, 1.82) is 0 Å². The first-order valence-corrected chi connectivity index (χ1v) is 10.9. The first kappa shape index (κ1) is 22.9. The molecule has 0 unspecified atom stereocenters. The van der Waals surface area contributed by atoms with E-state index in [1.807, 2.05) is 35.2 Å². The van der Waals surface area contributed by atoms with Gasteiger partial charge >= 0.3 is 6.03 Å². The van der Waals surface area contributed by atoms with Gasteiger partial charge in [0.25, 0.3) is 0 Å². The van der Waals surface area contributed by atoms with E-state index >= 15 is 0 Å². The van der Waals surface area contributed by atoms with E-state index in [0.717, 1.165) is 16.9 Å². The summed E-state index contributed by atoms with van der Waals surface area (Å²) in [5.74, 6) is 0.313. The summed E-state index contributed by atoms with van der Waals surface area (Å²) in [6, 6.07) is 14.0. The fourth-order valence-corrected chi connectivity index (χ4v) is 3.96. The number of thiophene rings is 1. The fourth-order valence-electron chi connectivity index (χ4n) is 3.06. The number of hydrogen-bond acceptors (Lipinski definition) is 3. The monoisotopic (exact) mass is 415 g/mol. The average molecular weight is 416 g/mol. The summed E-state index contributed by atoms with van der Waals surface area (Å²) in [4.78, 5) is 33.4. The van der Waals surface area contributed by atoms with Crippen LogP contribution in [0.4, 0.5) is 4.79 Å². The van der Waals surface area contributed by atoms with Crippen LogP contribution in [0.1, 0.15) is 35.6 Å². The highest BCUT2D eigenvalue weighted by Crippen LogP contribution is 2.19. The number of benzene rings is 1. The molecule has 0 saturated heterocycles. The molecule has 1 atom stereocenters. The maximum atomic E-state index is 13.3. The molecule has 0 spiro atoms. The van der Waals surface area contributed by atoms with Crippen LogP contribution in [-0.2, 0) is 17.9 Å². The molecule has 2 rings (SSSR count). The predicted octanol–water partition coefficient (Wildman–Crippen LogP) is 4.62. The summed E-state index contributed by atoms with van der Waals surface area (Å²) in [6.45, 7) is 8.04. The molecule has 158 valence electrons. The van der Waals surface area contributed by atoms with Gasteiger partial charge in [-0.3, -0.25) is 4.79 Å². The fraction of sp³-hybridized carbons (Fsp3) is 0.478. The second-order valence-electron chi connectivity index (χ2n) is 7.82. The molecular formula is C23H33N3O2S. The van der Waals surface area contributed by atoms with Gasteiger partial charge in [-0.1, -0.05) is 50.6 Å². The van der Waals surface area contributed by atoms with Crippen LogP contribution in [0.5, 0.6) is 0 Å². The van der Waals surface area contributed by atoms with Crippen molar-refractivity contribution in [2.24, 2.45) is 5.92 Å². The van der Waals surface area contributed by atoms with E-state index in [0.29, 0.717) is 25.6 Å². The van der Waals surface area contributed by atoms with Crippen LogP contribution in [-0.4, -0.2) is 53.8 Å². The van der Waals surface area contributed by atoms with E-state index in [-0.39, 0.29) is 18.5 Å². The number of carbonyl (C=O) groups excluding carboxylic acids is 2. The van der Waals surface area contributed by atoms with Gasteiger partial charge in [-0.15, -0.1) is 11.3 Å². The van der Waals surface area contributed by atoms with Gasteiger partial charge in [0.2, 0.25) is 5.91 Å². The third-order valence-corrected chi connectivity index (χ3v) is 5.91. The standard InChI is InChI=1S/C23H33N3O2S/c1-6-18(2)14-26(23(28)24(4)5)17-22(27)25(15-20-10-8-7-9-11-20)16-21-13-12-19(3)29-21/h7-13,18H,6,14-17H2,1-5H3/t18-/m0/s1. The van der Waals surface area contributed by atoms with E-state index in [4.69, 9.17) is 0 Å². The first-order valence-electron chi connectivity index (χ1n) is 10.1. The molecule has 0 aliphatic carbocycles. The zero-order chi connectivity index (χ0) is 21.4. The number of urea groups is 1. The van der Waals surface area contributed by atoms with Gasteiger partial charge in [0.1, 0.15) is 6.54 Å². The van der Waals surface area contributed by atoms with E-state index in [9.17, 15) is 9.59 Å². The molecule has 0 aliphatic rings. The van der Waals surface area contributed by atoms with Crippen molar-refractivity contribution in [2.45, 2.75) is 40.3 Å². The van der Waals surface area contributed by atoms with Crippen molar-refractivity contribution in [3.63, 3.8) is 0 Å². The maximum Gasteiger partial charge on any atom is 0.319 e. The number of nitrogens with zero attached hydrogens (tertiary/aromatic N) is 3. The number of carbonyl (C=O) groups is 2. The minimum Gasteiger partial charge on any atom is -0.332 e. The largest absolute Gasteiger partial charge is 0.332 e.